The van der Waals surface area contributed by atoms with E-state index in [1.54, 1.807) is 6.92 Å². The summed E-state index contributed by atoms with van der Waals surface area (Å²) in [7, 11) is 0. The lowest BCUT2D eigenvalue weighted by Gasteiger charge is -2.65. The van der Waals surface area contributed by atoms with Crippen molar-refractivity contribution < 1.29 is 39.9 Å². The highest BCUT2D eigenvalue weighted by atomic mass is 32.2. The van der Waals surface area contributed by atoms with E-state index >= 15 is 0 Å². The highest BCUT2D eigenvalue weighted by Gasteiger charge is 2.72. The SMILES string of the molecule is [3H]CSO[C@H]1C[C@@](O)([C@@H](OC(C)=O)[C@@H]2[C@]3(O)CO[C@@H]3C[C@H](C)[C@@]2(C)C(=O)[C@@H](C)O)C(C)(C)C=C1C. The number of carbonyl (C=O) groups excluding carboxylic acids is 2. The van der Waals surface area contributed by atoms with E-state index < -0.39 is 64.1 Å². The van der Waals surface area contributed by atoms with Gasteiger partial charge in [-0.25, -0.2) is 0 Å². The molecule has 9 heteroatoms. The Hall–Kier alpha value is -0.970. The number of hydrogen-bond donors (Lipinski definition) is 3. The van der Waals surface area contributed by atoms with E-state index in [2.05, 4.69) is 0 Å². The number of fused-ring (bicyclic) bond motifs is 1. The lowest BCUT2D eigenvalue weighted by molar-refractivity contribution is -0.336. The summed E-state index contributed by atoms with van der Waals surface area (Å²) >= 11 is 0.951. The summed E-state index contributed by atoms with van der Waals surface area (Å²) in [6.07, 6.45) is -1.53. The quantitative estimate of drug-likeness (QED) is 0.274. The zero-order valence-electron chi connectivity index (χ0n) is 22.2. The van der Waals surface area contributed by atoms with Crippen LogP contribution in [0, 0.1) is 22.7 Å². The first-order chi connectivity index (χ1) is 16.1. The molecule has 3 rings (SSSR count). The van der Waals surface area contributed by atoms with Crippen molar-refractivity contribution in [3.63, 3.8) is 0 Å². The van der Waals surface area contributed by atoms with Gasteiger partial charge in [0.25, 0.3) is 0 Å². The molecule has 1 saturated heterocycles. The number of ketones is 1. The fraction of sp³-hybridized carbons (Fsp3) is 0.840. The minimum Gasteiger partial charge on any atom is -0.459 e. The topological polar surface area (TPSA) is 123 Å². The standard InChI is InChI=1S/C25H40O8S/c1-13-10-22(5,6)25(30,11-17(13)33-34-8)21(32-16(4)27)19-23(7,20(28)15(3)26)14(2)9-18-24(19,29)12-31-18/h10,14-15,17-19,21,26,29-30H,9,11-12H2,1-8H3/t14-,15+,17-,18+,19-,21-,23+,24-,25+/m0/s1/i8T. The Morgan fingerprint density at radius 2 is 1.97 bits per heavy atom. The zero-order valence-corrected chi connectivity index (χ0v) is 22.0. The second-order valence-electron chi connectivity index (χ2n) is 11.2. The van der Waals surface area contributed by atoms with Crippen LogP contribution >= 0.6 is 12.0 Å². The van der Waals surface area contributed by atoms with Crippen LogP contribution in [0.2, 0.25) is 0 Å². The van der Waals surface area contributed by atoms with Gasteiger partial charge in [0, 0.05) is 37.7 Å². The molecule has 1 saturated carbocycles. The van der Waals surface area contributed by atoms with E-state index in [4.69, 9.17) is 15.0 Å². The Morgan fingerprint density at radius 1 is 1.32 bits per heavy atom. The summed E-state index contributed by atoms with van der Waals surface area (Å²) in [5.74, 6) is -2.53. The Balaban J connectivity index is 2.23. The number of esters is 1. The van der Waals surface area contributed by atoms with Crippen molar-refractivity contribution in [1.82, 2.24) is 0 Å². The first-order valence-electron chi connectivity index (χ1n) is 12.5. The molecule has 2 aliphatic carbocycles. The van der Waals surface area contributed by atoms with E-state index in [1.807, 2.05) is 33.8 Å². The Bertz CT molecular complexity index is 878. The van der Waals surface area contributed by atoms with Crippen LogP contribution in [0.15, 0.2) is 11.6 Å². The first kappa shape index (κ1) is 26.1. The van der Waals surface area contributed by atoms with Gasteiger partial charge in [0.05, 0.1) is 18.8 Å². The monoisotopic (exact) mass is 502 g/mol. The van der Waals surface area contributed by atoms with Crippen LogP contribution in [0.5, 0.6) is 0 Å². The number of rotatable bonds is 7. The van der Waals surface area contributed by atoms with Crippen LogP contribution < -0.4 is 0 Å². The van der Waals surface area contributed by atoms with Gasteiger partial charge < -0.3 is 29.0 Å². The van der Waals surface area contributed by atoms with Gasteiger partial charge in [-0.3, -0.25) is 9.59 Å². The van der Waals surface area contributed by atoms with Gasteiger partial charge in [0.1, 0.15) is 23.4 Å². The largest absolute Gasteiger partial charge is 0.459 e. The molecule has 0 unspecified atom stereocenters. The molecule has 3 N–H and O–H groups in total. The van der Waals surface area contributed by atoms with Gasteiger partial charge in [-0.2, -0.15) is 0 Å². The number of carbonyl (C=O) groups is 2. The van der Waals surface area contributed by atoms with Crippen molar-refractivity contribution in [3.8, 4) is 0 Å². The third-order valence-electron chi connectivity index (χ3n) is 8.72. The fourth-order valence-corrected chi connectivity index (χ4v) is 6.92. The lowest BCUT2D eigenvalue weighted by atomic mass is 9.47. The molecule has 0 bridgehead atoms. The average Bonchev–Trinajstić information content (AvgIpc) is 2.75. The number of hydrogen-bond acceptors (Lipinski definition) is 9. The molecule has 0 aromatic rings. The van der Waals surface area contributed by atoms with Gasteiger partial charge in [-0.1, -0.05) is 33.8 Å². The normalized spacial score (nSPS) is 43.5. The minimum absolute atomic E-state index is 0.0265. The zero-order chi connectivity index (χ0) is 26.6. The second-order valence-corrected chi connectivity index (χ2v) is 11.6. The van der Waals surface area contributed by atoms with Crippen molar-refractivity contribution in [3.05, 3.63) is 11.6 Å². The minimum atomic E-state index is -1.75. The van der Waals surface area contributed by atoms with Gasteiger partial charge in [0.15, 0.2) is 5.78 Å². The molecule has 9 atom stereocenters. The molecule has 0 spiro atoms. The van der Waals surface area contributed by atoms with Crippen molar-refractivity contribution >= 4 is 23.8 Å². The summed E-state index contributed by atoms with van der Waals surface area (Å²) < 4.78 is 24.8. The highest BCUT2D eigenvalue weighted by Crippen LogP contribution is 2.61. The smallest absolute Gasteiger partial charge is 0.303 e. The predicted octanol–water partition coefficient (Wildman–Crippen LogP) is 2.43. The number of Topliss-reactive ketones (excluding diaryl/α,β-unsaturated/α-hetero) is 1. The van der Waals surface area contributed by atoms with Crippen LogP contribution in [0.3, 0.4) is 0 Å². The van der Waals surface area contributed by atoms with Gasteiger partial charge in [0.2, 0.25) is 0 Å². The molecule has 0 amide bonds. The maximum absolute atomic E-state index is 13.6. The van der Waals surface area contributed by atoms with Crippen LogP contribution in [0.1, 0.15) is 62.7 Å². The number of aliphatic hydroxyl groups is 3. The van der Waals surface area contributed by atoms with Gasteiger partial charge in [-0.15, -0.1) is 0 Å². The molecule has 8 nitrogen and oxygen atoms in total. The highest BCUT2D eigenvalue weighted by molar-refractivity contribution is 7.93. The Morgan fingerprint density at radius 3 is 2.47 bits per heavy atom. The molecule has 0 aromatic carbocycles. The molecule has 2 fully saturated rings. The molecule has 194 valence electrons. The van der Waals surface area contributed by atoms with E-state index in [9.17, 15) is 24.9 Å². The van der Waals surface area contributed by atoms with Crippen molar-refractivity contribution in [2.24, 2.45) is 22.7 Å². The predicted molar refractivity (Wildman–Crippen MR) is 128 cm³/mol. The van der Waals surface area contributed by atoms with E-state index in [1.165, 1.54) is 13.8 Å². The van der Waals surface area contributed by atoms with Gasteiger partial charge >= 0.3 is 5.97 Å². The molecule has 1 heterocycles. The Labute approximate surface area is 208 Å². The Kier molecular flexibility index (Phi) is 7.03. The van der Waals surface area contributed by atoms with E-state index in [0.29, 0.717) is 6.42 Å². The summed E-state index contributed by atoms with van der Waals surface area (Å²) in [6.45, 7) is 11.6. The molecular weight excluding hydrogens is 460 g/mol. The number of aliphatic hydroxyl groups excluding tert-OH is 1. The van der Waals surface area contributed by atoms with Crippen LogP contribution in [0.4, 0.5) is 0 Å². The molecule has 0 radical (unpaired) electrons. The summed E-state index contributed by atoms with van der Waals surface area (Å²) in [5, 5.41) is 34.7. The van der Waals surface area contributed by atoms with E-state index in [0.717, 1.165) is 17.6 Å². The number of ether oxygens (including phenoxy) is 2. The molecule has 0 aromatic heterocycles. The van der Waals surface area contributed by atoms with Crippen LogP contribution in [0.25, 0.3) is 0 Å². The molecule has 34 heavy (non-hydrogen) atoms. The van der Waals surface area contributed by atoms with Crippen molar-refractivity contribution in [2.45, 2.75) is 96.9 Å². The van der Waals surface area contributed by atoms with Gasteiger partial charge in [-0.05, 0) is 43.8 Å². The van der Waals surface area contributed by atoms with Crippen molar-refractivity contribution in [2.75, 3.05) is 12.8 Å². The van der Waals surface area contributed by atoms with E-state index in [-0.39, 0.29) is 25.2 Å². The lowest BCUT2D eigenvalue weighted by Crippen LogP contribution is -2.78. The maximum Gasteiger partial charge on any atom is 0.303 e. The summed E-state index contributed by atoms with van der Waals surface area (Å²) in [6, 6.07) is 0. The summed E-state index contributed by atoms with van der Waals surface area (Å²) in [4.78, 5) is 26.0. The molecule has 3 aliphatic rings. The van der Waals surface area contributed by atoms with Crippen LogP contribution in [-0.4, -0.2) is 75.5 Å². The van der Waals surface area contributed by atoms with Crippen LogP contribution in [-0.2, 0) is 23.2 Å². The maximum atomic E-state index is 13.6. The fourth-order valence-electron chi connectivity index (χ4n) is 6.54. The third-order valence-corrected chi connectivity index (χ3v) is 9.09. The van der Waals surface area contributed by atoms with Crippen molar-refractivity contribution in [1.29, 1.82) is 0 Å². The third kappa shape index (κ3) is 4.06. The average molecular weight is 503 g/mol. The first-order valence-corrected chi connectivity index (χ1v) is 12.7. The molecular formula is C25H40O8S. The summed E-state index contributed by atoms with van der Waals surface area (Å²) in [5.41, 5.74) is -4.68. The molecule has 1 aliphatic heterocycles. The second kappa shape index (κ2) is 9.16.